The van der Waals surface area contributed by atoms with Crippen LogP contribution in [-0.2, 0) is 0 Å². The lowest BCUT2D eigenvalue weighted by Gasteiger charge is -2.34. The van der Waals surface area contributed by atoms with Crippen LogP contribution in [0.4, 0.5) is 4.39 Å². The van der Waals surface area contributed by atoms with Gasteiger partial charge in [0.25, 0.3) is 11.8 Å². The van der Waals surface area contributed by atoms with Crippen molar-refractivity contribution in [2.24, 2.45) is 0 Å². The van der Waals surface area contributed by atoms with E-state index in [1.165, 1.54) is 12.3 Å². The van der Waals surface area contributed by atoms with Crippen molar-refractivity contribution in [2.75, 3.05) is 26.2 Å². The molecule has 0 atom stereocenters. The standard InChI is InChI=1S/C26H21FN4O2/c27-23-16-19(8-9-21(23)22-7-1-4-18-5-3-11-29-24(18)22)25(32)30-12-14-31(15-13-30)26(33)20-6-2-10-28-17-20/h1-11,16-17H,12-15H2. The maximum Gasteiger partial charge on any atom is 0.255 e. The Morgan fingerprint density at radius 1 is 0.758 bits per heavy atom. The second kappa shape index (κ2) is 8.78. The van der Waals surface area contributed by atoms with Gasteiger partial charge in [0.2, 0.25) is 0 Å². The zero-order valence-electron chi connectivity index (χ0n) is 17.8. The molecule has 0 bridgehead atoms. The molecule has 164 valence electrons. The van der Waals surface area contributed by atoms with Gasteiger partial charge in [-0.1, -0.05) is 30.3 Å². The fraction of sp³-hybridized carbons (Fsp3) is 0.154. The Morgan fingerprint density at radius 2 is 1.45 bits per heavy atom. The van der Waals surface area contributed by atoms with Crippen LogP contribution in [0.3, 0.4) is 0 Å². The number of fused-ring (bicyclic) bond motifs is 1. The number of halogens is 1. The Morgan fingerprint density at radius 3 is 2.15 bits per heavy atom. The topological polar surface area (TPSA) is 66.4 Å². The number of aromatic nitrogens is 2. The van der Waals surface area contributed by atoms with Crippen molar-refractivity contribution in [3.8, 4) is 11.1 Å². The highest BCUT2D eigenvalue weighted by atomic mass is 19.1. The van der Waals surface area contributed by atoms with Crippen molar-refractivity contribution in [3.63, 3.8) is 0 Å². The predicted octanol–water partition coefficient (Wildman–Crippen LogP) is 4.03. The summed E-state index contributed by atoms with van der Waals surface area (Å²) in [5.41, 5.74) is 2.62. The van der Waals surface area contributed by atoms with Crippen LogP contribution in [0.25, 0.3) is 22.0 Å². The molecule has 2 amide bonds. The molecule has 0 saturated carbocycles. The molecule has 1 aliphatic rings. The summed E-state index contributed by atoms with van der Waals surface area (Å²) in [5, 5.41) is 0.924. The Labute approximate surface area is 190 Å². The molecule has 0 unspecified atom stereocenters. The number of rotatable bonds is 3. The molecule has 4 aromatic rings. The zero-order chi connectivity index (χ0) is 22.8. The maximum atomic E-state index is 15.1. The molecule has 33 heavy (non-hydrogen) atoms. The molecule has 0 aliphatic carbocycles. The van der Waals surface area contributed by atoms with Crippen LogP contribution in [0, 0.1) is 5.82 Å². The monoisotopic (exact) mass is 440 g/mol. The fourth-order valence-corrected chi connectivity index (χ4v) is 4.16. The van der Waals surface area contributed by atoms with Crippen molar-refractivity contribution < 1.29 is 14.0 Å². The van der Waals surface area contributed by atoms with E-state index in [9.17, 15) is 9.59 Å². The van der Waals surface area contributed by atoms with Gasteiger partial charge in [-0.05, 0) is 30.3 Å². The first-order valence-electron chi connectivity index (χ1n) is 10.7. The normalized spacial score (nSPS) is 13.8. The molecular formula is C26H21FN4O2. The SMILES string of the molecule is O=C(c1cccnc1)N1CCN(C(=O)c2ccc(-c3cccc4cccnc34)c(F)c2)CC1. The van der Waals surface area contributed by atoms with Gasteiger partial charge in [0.05, 0.1) is 11.1 Å². The summed E-state index contributed by atoms with van der Waals surface area (Å²) in [4.78, 5) is 37.3. The minimum atomic E-state index is -0.468. The quantitative estimate of drug-likeness (QED) is 0.482. The average Bonchev–Trinajstić information content (AvgIpc) is 2.88. The number of nitrogens with zero attached hydrogens (tertiary/aromatic N) is 4. The Bertz CT molecular complexity index is 1330. The first-order valence-corrected chi connectivity index (χ1v) is 10.7. The van der Waals surface area contributed by atoms with Gasteiger partial charge < -0.3 is 9.80 Å². The first-order chi connectivity index (χ1) is 16.1. The third-order valence-electron chi connectivity index (χ3n) is 5.90. The fourth-order valence-electron chi connectivity index (χ4n) is 4.16. The number of hydrogen-bond donors (Lipinski definition) is 0. The summed E-state index contributed by atoms with van der Waals surface area (Å²) < 4.78 is 15.1. The highest BCUT2D eigenvalue weighted by Crippen LogP contribution is 2.30. The molecule has 3 heterocycles. The van der Waals surface area contributed by atoms with Gasteiger partial charge in [-0.2, -0.15) is 0 Å². The molecule has 1 fully saturated rings. The van der Waals surface area contributed by atoms with E-state index in [2.05, 4.69) is 9.97 Å². The van der Waals surface area contributed by atoms with Crippen LogP contribution < -0.4 is 0 Å². The largest absolute Gasteiger partial charge is 0.335 e. The van der Waals surface area contributed by atoms with Crippen molar-refractivity contribution in [3.05, 3.63) is 96.2 Å². The third-order valence-corrected chi connectivity index (χ3v) is 5.90. The van der Waals surface area contributed by atoms with Gasteiger partial charge in [-0.25, -0.2) is 4.39 Å². The minimum Gasteiger partial charge on any atom is -0.335 e. The van der Waals surface area contributed by atoms with Crippen LogP contribution in [-0.4, -0.2) is 57.8 Å². The Balaban J connectivity index is 1.31. The van der Waals surface area contributed by atoms with Crippen LogP contribution >= 0.6 is 0 Å². The van der Waals surface area contributed by atoms with Gasteiger partial charge in [0.15, 0.2) is 0 Å². The van der Waals surface area contributed by atoms with E-state index in [-0.39, 0.29) is 17.4 Å². The molecular weight excluding hydrogens is 419 g/mol. The van der Waals surface area contributed by atoms with Crippen molar-refractivity contribution in [1.82, 2.24) is 19.8 Å². The van der Waals surface area contributed by atoms with E-state index in [0.29, 0.717) is 48.4 Å². The van der Waals surface area contributed by atoms with Crippen molar-refractivity contribution in [1.29, 1.82) is 0 Å². The summed E-state index contributed by atoms with van der Waals surface area (Å²) >= 11 is 0. The van der Waals surface area contributed by atoms with Gasteiger partial charge in [0.1, 0.15) is 5.82 Å². The molecule has 6 nitrogen and oxygen atoms in total. The van der Waals surface area contributed by atoms with E-state index >= 15 is 4.39 Å². The van der Waals surface area contributed by atoms with E-state index < -0.39 is 5.82 Å². The molecule has 0 spiro atoms. The second-order valence-electron chi connectivity index (χ2n) is 7.90. The van der Waals surface area contributed by atoms with Gasteiger partial charge >= 0.3 is 0 Å². The van der Waals surface area contributed by atoms with E-state index in [1.807, 2.05) is 30.3 Å². The van der Waals surface area contributed by atoms with E-state index in [0.717, 1.165) is 5.39 Å². The van der Waals surface area contributed by atoms with Crippen LogP contribution in [0.2, 0.25) is 0 Å². The lowest BCUT2D eigenvalue weighted by atomic mass is 9.99. The molecule has 5 rings (SSSR count). The summed E-state index contributed by atoms with van der Waals surface area (Å²) in [7, 11) is 0. The van der Waals surface area contributed by atoms with Crippen LogP contribution in [0.1, 0.15) is 20.7 Å². The number of carbonyl (C=O) groups is 2. The number of pyridine rings is 2. The average molecular weight is 440 g/mol. The summed E-state index contributed by atoms with van der Waals surface area (Å²) in [6.07, 6.45) is 4.84. The zero-order valence-corrected chi connectivity index (χ0v) is 17.8. The molecule has 0 radical (unpaired) electrons. The maximum absolute atomic E-state index is 15.1. The van der Waals surface area contributed by atoms with Crippen LogP contribution in [0.15, 0.2) is 79.3 Å². The number of piperazine rings is 1. The summed E-state index contributed by atoms with van der Waals surface area (Å²) in [5.74, 6) is -0.816. The molecule has 1 saturated heterocycles. The molecule has 2 aromatic carbocycles. The lowest BCUT2D eigenvalue weighted by Crippen LogP contribution is -2.50. The highest BCUT2D eigenvalue weighted by molar-refractivity contribution is 5.97. The van der Waals surface area contributed by atoms with E-state index in [4.69, 9.17) is 0 Å². The van der Waals surface area contributed by atoms with E-state index in [1.54, 1.807) is 46.5 Å². The molecule has 7 heteroatoms. The smallest absolute Gasteiger partial charge is 0.255 e. The van der Waals surface area contributed by atoms with Gasteiger partial charge in [-0.3, -0.25) is 19.6 Å². The predicted molar refractivity (Wildman–Crippen MR) is 123 cm³/mol. The van der Waals surface area contributed by atoms with Gasteiger partial charge in [-0.15, -0.1) is 0 Å². The molecule has 1 aliphatic heterocycles. The lowest BCUT2D eigenvalue weighted by molar-refractivity contribution is 0.0535. The van der Waals surface area contributed by atoms with Crippen LogP contribution in [0.5, 0.6) is 0 Å². The number of carbonyl (C=O) groups excluding carboxylic acids is 2. The first kappa shape index (κ1) is 20.8. The Hall–Kier alpha value is -4.13. The molecule has 0 N–H and O–H groups in total. The third kappa shape index (κ3) is 4.05. The number of amides is 2. The highest BCUT2D eigenvalue weighted by Gasteiger charge is 2.26. The number of benzene rings is 2. The summed E-state index contributed by atoms with van der Waals surface area (Å²) in [6, 6.07) is 17.4. The minimum absolute atomic E-state index is 0.103. The number of hydrogen-bond acceptors (Lipinski definition) is 4. The second-order valence-corrected chi connectivity index (χ2v) is 7.90. The van der Waals surface area contributed by atoms with Crippen molar-refractivity contribution >= 4 is 22.7 Å². The summed E-state index contributed by atoms with van der Waals surface area (Å²) in [6.45, 7) is 1.62. The Kier molecular flexibility index (Phi) is 5.52. The number of para-hydroxylation sites is 1. The van der Waals surface area contributed by atoms with Gasteiger partial charge in [0, 0.05) is 66.8 Å². The van der Waals surface area contributed by atoms with Crippen molar-refractivity contribution in [2.45, 2.75) is 0 Å². The molecule has 2 aromatic heterocycles.